The fourth-order valence-electron chi connectivity index (χ4n) is 1.36. The second kappa shape index (κ2) is 7.78. The van der Waals surface area contributed by atoms with Gasteiger partial charge in [-0.2, -0.15) is 0 Å². The van der Waals surface area contributed by atoms with Crippen molar-refractivity contribution in [3.05, 3.63) is 11.5 Å². The number of carbonyl (C=O) groups excluding carboxylic acids is 1. The zero-order chi connectivity index (χ0) is 14.3. The number of carbonyl (C=O) groups is 1. The summed E-state index contributed by atoms with van der Waals surface area (Å²) in [4.78, 5) is 19.3. The molecule has 0 fully saturated rings. The molecule has 0 aliphatic rings. The third kappa shape index (κ3) is 5.30. The molecule has 1 heterocycles. The first-order valence-electron chi connectivity index (χ1n) is 6.09. The van der Waals surface area contributed by atoms with Crippen molar-refractivity contribution < 1.29 is 9.53 Å². The molecule has 1 aromatic rings. The maximum Gasteiger partial charge on any atom is 0.221 e. The van der Waals surface area contributed by atoms with Gasteiger partial charge in [-0.1, -0.05) is 25.4 Å². The van der Waals surface area contributed by atoms with Gasteiger partial charge in [-0.15, -0.1) is 0 Å². The van der Waals surface area contributed by atoms with Crippen molar-refractivity contribution in [3.63, 3.8) is 0 Å². The lowest BCUT2D eigenvalue weighted by molar-refractivity contribution is -0.120. The average molecular weight is 287 g/mol. The van der Waals surface area contributed by atoms with Gasteiger partial charge in [0.25, 0.3) is 0 Å². The Balaban J connectivity index is 2.41. The van der Waals surface area contributed by atoms with Crippen LogP contribution in [-0.2, 0) is 4.79 Å². The fourth-order valence-corrected chi connectivity index (χ4v) is 1.57. The van der Waals surface area contributed by atoms with Gasteiger partial charge in [-0.05, 0) is 5.92 Å². The number of ether oxygens (including phenoxy) is 1. The molecule has 106 valence electrons. The third-order valence-electron chi connectivity index (χ3n) is 2.32. The molecule has 1 amide bonds. The lowest BCUT2D eigenvalue weighted by atomic mass is 10.2. The van der Waals surface area contributed by atoms with Gasteiger partial charge in [0.05, 0.1) is 7.11 Å². The number of nitrogens with zero attached hydrogens (tertiary/aromatic N) is 2. The van der Waals surface area contributed by atoms with E-state index < -0.39 is 0 Å². The van der Waals surface area contributed by atoms with Crippen LogP contribution in [0.2, 0.25) is 5.15 Å². The van der Waals surface area contributed by atoms with Crippen LogP contribution in [0.5, 0.6) is 5.75 Å². The molecular weight excluding hydrogens is 268 g/mol. The van der Waals surface area contributed by atoms with E-state index in [0.717, 1.165) is 0 Å². The smallest absolute Gasteiger partial charge is 0.221 e. The topological polar surface area (TPSA) is 76.1 Å². The standard InChI is InChI=1S/C12H19ClN4O2/c1-8(2)6-15-9(18)4-5-14-12-10(19-3)11(13)16-7-17-12/h7-8H,4-6H2,1-3H3,(H,15,18)(H,14,16,17). The maximum absolute atomic E-state index is 11.5. The quantitative estimate of drug-likeness (QED) is 0.746. The van der Waals surface area contributed by atoms with E-state index in [-0.39, 0.29) is 11.1 Å². The van der Waals surface area contributed by atoms with Crippen molar-refractivity contribution in [1.29, 1.82) is 0 Å². The molecule has 0 atom stereocenters. The predicted octanol–water partition coefficient (Wildman–Crippen LogP) is 1.71. The van der Waals surface area contributed by atoms with E-state index in [2.05, 4.69) is 20.6 Å². The summed E-state index contributed by atoms with van der Waals surface area (Å²) in [6.07, 6.45) is 1.70. The van der Waals surface area contributed by atoms with Crippen LogP contribution in [0.15, 0.2) is 6.33 Å². The molecule has 0 unspecified atom stereocenters. The number of nitrogens with one attached hydrogen (secondary N) is 2. The van der Waals surface area contributed by atoms with Crippen molar-refractivity contribution in [2.24, 2.45) is 5.92 Å². The van der Waals surface area contributed by atoms with E-state index in [1.807, 2.05) is 13.8 Å². The fraction of sp³-hybridized carbons (Fsp3) is 0.583. The molecule has 0 aliphatic carbocycles. The Morgan fingerprint density at radius 2 is 2.21 bits per heavy atom. The summed E-state index contributed by atoms with van der Waals surface area (Å²) >= 11 is 5.86. The van der Waals surface area contributed by atoms with E-state index in [4.69, 9.17) is 16.3 Å². The number of aromatic nitrogens is 2. The van der Waals surface area contributed by atoms with E-state index >= 15 is 0 Å². The monoisotopic (exact) mass is 286 g/mol. The first-order valence-corrected chi connectivity index (χ1v) is 6.47. The molecule has 7 heteroatoms. The average Bonchev–Trinajstić information content (AvgIpc) is 2.36. The lowest BCUT2D eigenvalue weighted by Crippen LogP contribution is -2.28. The van der Waals surface area contributed by atoms with Crippen LogP contribution in [0, 0.1) is 5.92 Å². The van der Waals surface area contributed by atoms with Crippen molar-refractivity contribution in [1.82, 2.24) is 15.3 Å². The summed E-state index contributed by atoms with van der Waals surface area (Å²) in [6, 6.07) is 0. The minimum atomic E-state index is 0.000296. The van der Waals surface area contributed by atoms with E-state index in [1.165, 1.54) is 13.4 Å². The normalized spacial score (nSPS) is 10.4. The largest absolute Gasteiger partial charge is 0.490 e. The number of methoxy groups -OCH3 is 1. The Hall–Kier alpha value is -1.56. The molecule has 2 N–H and O–H groups in total. The van der Waals surface area contributed by atoms with Crippen LogP contribution < -0.4 is 15.4 Å². The molecular formula is C12H19ClN4O2. The maximum atomic E-state index is 11.5. The van der Waals surface area contributed by atoms with E-state index in [1.54, 1.807) is 0 Å². The minimum Gasteiger partial charge on any atom is -0.490 e. The van der Waals surface area contributed by atoms with E-state index in [0.29, 0.717) is 37.0 Å². The molecule has 1 aromatic heterocycles. The van der Waals surface area contributed by atoms with E-state index in [9.17, 15) is 4.79 Å². The molecule has 0 radical (unpaired) electrons. The van der Waals surface area contributed by atoms with Crippen LogP contribution >= 0.6 is 11.6 Å². The summed E-state index contributed by atoms with van der Waals surface area (Å²) in [5.41, 5.74) is 0. The minimum absolute atomic E-state index is 0.000296. The van der Waals surface area contributed by atoms with Gasteiger partial charge in [-0.25, -0.2) is 9.97 Å². The van der Waals surface area contributed by atoms with Crippen molar-refractivity contribution in [2.75, 3.05) is 25.5 Å². The van der Waals surface area contributed by atoms with Gasteiger partial charge in [0, 0.05) is 19.5 Å². The predicted molar refractivity (Wildman–Crippen MR) is 74.5 cm³/mol. The molecule has 19 heavy (non-hydrogen) atoms. The molecule has 0 saturated heterocycles. The first kappa shape index (κ1) is 15.5. The van der Waals surface area contributed by atoms with Crippen LogP contribution in [0.4, 0.5) is 5.82 Å². The molecule has 0 saturated carbocycles. The van der Waals surface area contributed by atoms with Crippen LogP contribution in [0.3, 0.4) is 0 Å². The SMILES string of the molecule is COc1c(Cl)ncnc1NCCC(=O)NCC(C)C. The second-order valence-corrected chi connectivity index (χ2v) is 4.78. The summed E-state index contributed by atoms with van der Waals surface area (Å²) in [5.74, 6) is 1.31. The molecule has 0 aliphatic heterocycles. The zero-order valence-electron chi connectivity index (χ0n) is 11.4. The highest BCUT2D eigenvalue weighted by atomic mass is 35.5. The Bertz CT molecular complexity index is 426. The summed E-state index contributed by atoms with van der Waals surface area (Å²) < 4.78 is 5.09. The summed E-state index contributed by atoms with van der Waals surface area (Å²) in [5, 5.41) is 6.08. The summed E-state index contributed by atoms with van der Waals surface area (Å²) in [7, 11) is 1.49. The Kier molecular flexibility index (Phi) is 6.35. The number of amides is 1. The van der Waals surface area contributed by atoms with Crippen LogP contribution in [0.25, 0.3) is 0 Å². The highest BCUT2D eigenvalue weighted by Crippen LogP contribution is 2.27. The molecule has 0 bridgehead atoms. The summed E-state index contributed by atoms with van der Waals surface area (Å²) in [6.45, 7) is 5.23. The highest BCUT2D eigenvalue weighted by Gasteiger charge is 2.10. The first-order chi connectivity index (χ1) is 9.04. The Labute approximate surface area is 117 Å². The van der Waals surface area contributed by atoms with Crippen molar-refractivity contribution >= 4 is 23.3 Å². The van der Waals surface area contributed by atoms with Crippen molar-refractivity contribution in [3.8, 4) is 5.75 Å². The van der Waals surface area contributed by atoms with Gasteiger partial charge >= 0.3 is 0 Å². The van der Waals surface area contributed by atoms with Gasteiger partial charge in [0.1, 0.15) is 6.33 Å². The van der Waals surface area contributed by atoms with Crippen LogP contribution in [-0.4, -0.2) is 36.1 Å². The second-order valence-electron chi connectivity index (χ2n) is 4.42. The van der Waals surface area contributed by atoms with Crippen molar-refractivity contribution in [2.45, 2.75) is 20.3 Å². The third-order valence-corrected chi connectivity index (χ3v) is 2.59. The van der Waals surface area contributed by atoms with Gasteiger partial charge < -0.3 is 15.4 Å². The number of halogens is 1. The highest BCUT2D eigenvalue weighted by molar-refractivity contribution is 6.31. The van der Waals surface area contributed by atoms with Gasteiger partial charge in [0.15, 0.2) is 16.7 Å². The molecule has 0 spiro atoms. The Morgan fingerprint density at radius 3 is 2.84 bits per heavy atom. The van der Waals surface area contributed by atoms with Gasteiger partial charge in [0.2, 0.25) is 5.91 Å². The molecule has 0 aromatic carbocycles. The Morgan fingerprint density at radius 1 is 1.47 bits per heavy atom. The number of rotatable bonds is 7. The number of anilines is 1. The van der Waals surface area contributed by atoms with Crippen LogP contribution in [0.1, 0.15) is 20.3 Å². The zero-order valence-corrected chi connectivity index (χ0v) is 12.1. The molecule has 1 rings (SSSR count). The van der Waals surface area contributed by atoms with Gasteiger partial charge in [-0.3, -0.25) is 4.79 Å². The lowest BCUT2D eigenvalue weighted by Gasteiger charge is -2.11. The molecule has 6 nitrogen and oxygen atoms in total. The number of hydrogen-bond donors (Lipinski definition) is 2. The number of hydrogen-bond acceptors (Lipinski definition) is 5.